The molecule has 0 bridgehead atoms. The molecule has 0 aliphatic heterocycles. The number of nitrogens with zero attached hydrogens (tertiary/aromatic N) is 1. The first-order chi connectivity index (χ1) is 13.2. The number of hydrogen-bond donors (Lipinski definition) is 0. The average Bonchev–Trinajstić information content (AvgIpc) is 2.68. The van der Waals surface area contributed by atoms with E-state index >= 15 is 0 Å². The Balaban J connectivity index is 1.79. The van der Waals surface area contributed by atoms with E-state index in [0.29, 0.717) is 0 Å². The minimum atomic E-state index is 1.15. The Bertz CT molecular complexity index is 428. The topological polar surface area (TPSA) is 3.24 Å². The van der Waals surface area contributed by atoms with Crippen LogP contribution in [0, 0.1) is 0 Å². The van der Waals surface area contributed by atoms with Crippen molar-refractivity contribution in [3.05, 3.63) is 28.7 Å². The van der Waals surface area contributed by atoms with Gasteiger partial charge in [-0.15, -0.1) is 0 Å². The van der Waals surface area contributed by atoms with Crippen molar-refractivity contribution in [1.82, 2.24) is 0 Å². The van der Waals surface area contributed by atoms with Gasteiger partial charge in [-0.25, -0.2) is 0 Å². The lowest BCUT2D eigenvalue weighted by Crippen LogP contribution is -2.18. The van der Waals surface area contributed by atoms with Gasteiger partial charge in [0.05, 0.1) is 0 Å². The van der Waals surface area contributed by atoms with Gasteiger partial charge in [-0.1, -0.05) is 119 Å². The third-order valence-corrected chi connectivity index (χ3v) is 6.14. The molecule has 0 saturated heterocycles. The Morgan fingerprint density at radius 3 is 1.37 bits per heavy atom. The molecule has 1 aromatic carbocycles. The zero-order chi connectivity index (χ0) is 19.6. The quantitative estimate of drug-likeness (QED) is 0.207. The second-order valence-electron chi connectivity index (χ2n) is 8.20. The monoisotopic (exact) mass is 437 g/mol. The van der Waals surface area contributed by atoms with E-state index in [1.54, 1.807) is 0 Å². The third-order valence-electron chi connectivity index (χ3n) is 5.61. The predicted molar refractivity (Wildman–Crippen MR) is 127 cm³/mol. The molecule has 0 atom stereocenters. The van der Waals surface area contributed by atoms with E-state index in [2.05, 4.69) is 59.1 Å². The van der Waals surface area contributed by atoms with Crippen LogP contribution in [0.5, 0.6) is 0 Å². The summed E-state index contributed by atoms with van der Waals surface area (Å²) in [5, 5.41) is 0. The highest BCUT2D eigenvalue weighted by Crippen LogP contribution is 2.18. The van der Waals surface area contributed by atoms with Crippen LogP contribution in [0.25, 0.3) is 0 Å². The molecular weight excluding hydrogens is 394 g/mol. The molecule has 0 saturated carbocycles. The first-order valence-electron chi connectivity index (χ1n) is 11.7. The van der Waals surface area contributed by atoms with Crippen LogP contribution in [0.4, 0.5) is 5.69 Å². The maximum absolute atomic E-state index is 3.50. The molecule has 2 heteroatoms. The molecule has 0 spiro atoms. The van der Waals surface area contributed by atoms with E-state index < -0.39 is 0 Å². The molecule has 1 nitrogen and oxygen atoms in total. The van der Waals surface area contributed by atoms with Gasteiger partial charge in [0, 0.05) is 23.8 Å². The molecule has 0 unspecified atom stereocenters. The van der Waals surface area contributed by atoms with Gasteiger partial charge in [-0.2, -0.15) is 0 Å². The minimum absolute atomic E-state index is 1.15. The molecule has 0 aliphatic rings. The summed E-state index contributed by atoms with van der Waals surface area (Å²) < 4.78 is 1.15. The highest BCUT2D eigenvalue weighted by Gasteiger charge is 2.00. The zero-order valence-electron chi connectivity index (χ0n) is 18.2. The van der Waals surface area contributed by atoms with E-state index in [4.69, 9.17) is 0 Å². The van der Waals surface area contributed by atoms with E-state index in [0.717, 1.165) is 4.47 Å². The van der Waals surface area contributed by atoms with Crippen molar-refractivity contribution in [1.29, 1.82) is 0 Å². The highest BCUT2D eigenvalue weighted by atomic mass is 79.9. The maximum Gasteiger partial charge on any atom is 0.0364 e. The summed E-state index contributed by atoms with van der Waals surface area (Å²) in [7, 11) is 2.20. The molecule has 0 amide bonds. The summed E-state index contributed by atoms with van der Waals surface area (Å²) in [4.78, 5) is 2.37. The second-order valence-corrected chi connectivity index (χ2v) is 9.12. The maximum atomic E-state index is 3.50. The lowest BCUT2D eigenvalue weighted by atomic mass is 10.0. The van der Waals surface area contributed by atoms with Crippen molar-refractivity contribution in [2.24, 2.45) is 0 Å². The van der Waals surface area contributed by atoms with Gasteiger partial charge < -0.3 is 4.90 Å². The Kier molecular flexibility index (Phi) is 16.0. The van der Waals surface area contributed by atoms with Gasteiger partial charge >= 0.3 is 0 Å². The van der Waals surface area contributed by atoms with E-state index in [1.165, 1.54) is 115 Å². The summed E-state index contributed by atoms with van der Waals surface area (Å²) >= 11 is 3.50. The number of unbranched alkanes of at least 4 members (excludes halogenated alkanes) is 15. The Morgan fingerprint density at radius 1 is 0.593 bits per heavy atom. The van der Waals surface area contributed by atoms with Gasteiger partial charge in [0.15, 0.2) is 0 Å². The van der Waals surface area contributed by atoms with Crippen LogP contribution in [0.1, 0.15) is 110 Å². The second kappa shape index (κ2) is 17.6. The Labute approximate surface area is 178 Å². The van der Waals surface area contributed by atoms with Crippen LogP contribution in [-0.2, 0) is 0 Å². The first-order valence-corrected chi connectivity index (χ1v) is 12.5. The SMILES string of the molecule is CCCCCCCCCCCCCCCCCCN(C)c1ccc(Br)cc1. The zero-order valence-corrected chi connectivity index (χ0v) is 19.7. The summed E-state index contributed by atoms with van der Waals surface area (Å²) in [6.45, 7) is 3.46. The van der Waals surface area contributed by atoms with Crippen LogP contribution in [0.15, 0.2) is 28.7 Å². The van der Waals surface area contributed by atoms with Crippen molar-refractivity contribution in [2.45, 2.75) is 110 Å². The van der Waals surface area contributed by atoms with Crippen molar-refractivity contribution >= 4 is 21.6 Å². The van der Waals surface area contributed by atoms with Gasteiger partial charge in [0.1, 0.15) is 0 Å². The number of hydrogen-bond acceptors (Lipinski definition) is 1. The number of rotatable bonds is 18. The number of halogens is 1. The molecule has 0 N–H and O–H groups in total. The fraction of sp³-hybridized carbons (Fsp3) is 0.760. The smallest absolute Gasteiger partial charge is 0.0364 e. The number of anilines is 1. The standard InChI is InChI=1S/C25H44BrN/c1-3-4-5-6-7-8-9-10-11-12-13-14-15-16-17-18-23-27(2)25-21-19-24(26)20-22-25/h19-22H,3-18,23H2,1-2H3. The van der Waals surface area contributed by atoms with Crippen LogP contribution in [0.2, 0.25) is 0 Å². The molecule has 1 aromatic rings. The molecule has 156 valence electrons. The van der Waals surface area contributed by atoms with Crippen LogP contribution in [0.3, 0.4) is 0 Å². The molecule has 0 fully saturated rings. The van der Waals surface area contributed by atoms with E-state index in [1.807, 2.05) is 0 Å². The lowest BCUT2D eigenvalue weighted by molar-refractivity contribution is 0.529. The van der Waals surface area contributed by atoms with Crippen LogP contribution >= 0.6 is 15.9 Å². The predicted octanol–water partition coefficient (Wildman–Crippen LogP) is 9.15. The van der Waals surface area contributed by atoms with Gasteiger partial charge in [-0.3, -0.25) is 0 Å². The molecule has 0 radical (unpaired) electrons. The molecule has 0 aromatic heterocycles. The van der Waals surface area contributed by atoms with Crippen LogP contribution in [-0.4, -0.2) is 13.6 Å². The van der Waals surface area contributed by atoms with Gasteiger partial charge in [-0.05, 0) is 30.7 Å². The summed E-state index contributed by atoms with van der Waals surface area (Å²) in [5.41, 5.74) is 1.32. The molecule has 0 aliphatic carbocycles. The summed E-state index contributed by atoms with van der Waals surface area (Å²) in [6, 6.07) is 8.63. The number of benzene rings is 1. The molecule has 0 heterocycles. The molecular formula is C25H44BrN. The average molecular weight is 439 g/mol. The third kappa shape index (κ3) is 14.2. The summed E-state index contributed by atoms with van der Waals surface area (Å²) in [5.74, 6) is 0. The minimum Gasteiger partial charge on any atom is -0.375 e. The van der Waals surface area contributed by atoms with E-state index in [9.17, 15) is 0 Å². The Morgan fingerprint density at radius 2 is 0.963 bits per heavy atom. The normalized spacial score (nSPS) is 11.1. The van der Waals surface area contributed by atoms with Crippen molar-refractivity contribution in [3.63, 3.8) is 0 Å². The van der Waals surface area contributed by atoms with Crippen molar-refractivity contribution < 1.29 is 0 Å². The van der Waals surface area contributed by atoms with Gasteiger partial charge in [0.25, 0.3) is 0 Å². The molecule has 1 rings (SSSR count). The summed E-state index contributed by atoms with van der Waals surface area (Å²) in [6.07, 6.45) is 22.9. The van der Waals surface area contributed by atoms with Crippen molar-refractivity contribution in [2.75, 3.05) is 18.5 Å². The first kappa shape index (κ1) is 24.5. The van der Waals surface area contributed by atoms with E-state index in [-0.39, 0.29) is 0 Å². The van der Waals surface area contributed by atoms with Crippen LogP contribution < -0.4 is 4.90 Å². The Hall–Kier alpha value is -0.500. The van der Waals surface area contributed by atoms with Gasteiger partial charge in [0.2, 0.25) is 0 Å². The highest BCUT2D eigenvalue weighted by molar-refractivity contribution is 9.10. The molecule has 27 heavy (non-hydrogen) atoms. The fourth-order valence-corrected chi connectivity index (χ4v) is 3.99. The fourth-order valence-electron chi connectivity index (χ4n) is 3.72. The largest absolute Gasteiger partial charge is 0.375 e. The lowest BCUT2D eigenvalue weighted by Gasteiger charge is -2.19. The van der Waals surface area contributed by atoms with Crippen molar-refractivity contribution in [3.8, 4) is 0 Å².